The van der Waals surface area contributed by atoms with Crippen LogP contribution in [0.15, 0.2) is 23.1 Å². The molecular formula is C17H18N2O6S2. The Bertz CT molecular complexity index is 824. The molecule has 1 unspecified atom stereocenters. The first kappa shape index (κ1) is 20.7. The number of carbonyl (C=O) groups is 3. The van der Waals surface area contributed by atoms with Crippen molar-refractivity contribution in [3.05, 3.63) is 28.7 Å². The summed E-state index contributed by atoms with van der Waals surface area (Å²) in [6.45, 7) is 3.13. The molecule has 2 rings (SSSR count). The van der Waals surface area contributed by atoms with Crippen molar-refractivity contribution in [3.8, 4) is 11.5 Å². The van der Waals surface area contributed by atoms with Gasteiger partial charge in [-0.25, -0.2) is 0 Å². The van der Waals surface area contributed by atoms with Crippen LogP contribution >= 0.6 is 24.0 Å². The summed E-state index contributed by atoms with van der Waals surface area (Å²) >= 11 is 6.19. The van der Waals surface area contributed by atoms with Crippen LogP contribution in [0.2, 0.25) is 0 Å². The Morgan fingerprint density at radius 1 is 1.44 bits per heavy atom. The number of thioether (sulfide) groups is 1. The third-order valence-electron chi connectivity index (χ3n) is 3.50. The number of carboxylic acid groups (broad SMARTS) is 1. The molecule has 8 nitrogen and oxygen atoms in total. The van der Waals surface area contributed by atoms with E-state index in [4.69, 9.17) is 22.1 Å². The van der Waals surface area contributed by atoms with E-state index in [0.29, 0.717) is 22.8 Å². The summed E-state index contributed by atoms with van der Waals surface area (Å²) in [4.78, 5) is 36.7. The van der Waals surface area contributed by atoms with Crippen molar-refractivity contribution in [2.75, 3.05) is 13.2 Å². The summed E-state index contributed by atoms with van der Waals surface area (Å²) in [7, 11) is 0. The van der Waals surface area contributed by atoms with Crippen molar-refractivity contribution >= 4 is 52.2 Å². The number of hydrogen-bond acceptors (Lipinski definition) is 7. The third-order valence-corrected chi connectivity index (χ3v) is 4.88. The van der Waals surface area contributed by atoms with Gasteiger partial charge < -0.3 is 20.3 Å². The van der Waals surface area contributed by atoms with Crippen molar-refractivity contribution in [2.45, 2.75) is 19.9 Å². The lowest BCUT2D eigenvalue weighted by atomic mass is 10.2. The third kappa shape index (κ3) is 5.20. The molecule has 0 radical (unpaired) electrons. The van der Waals surface area contributed by atoms with Gasteiger partial charge in [-0.15, -0.1) is 0 Å². The molecule has 10 heteroatoms. The van der Waals surface area contributed by atoms with Gasteiger partial charge in [0.1, 0.15) is 16.9 Å². The lowest BCUT2D eigenvalue weighted by Crippen LogP contribution is -2.45. The maximum Gasteiger partial charge on any atom is 0.325 e. The van der Waals surface area contributed by atoms with Crippen LogP contribution in [0.3, 0.4) is 0 Å². The predicted octanol–water partition coefficient (Wildman–Crippen LogP) is 1.58. The van der Waals surface area contributed by atoms with Gasteiger partial charge in [-0.1, -0.05) is 30.0 Å². The summed E-state index contributed by atoms with van der Waals surface area (Å²) in [5.74, 6) is -1.96. The van der Waals surface area contributed by atoms with Gasteiger partial charge in [0, 0.05) is 0 Å². The minimum atomic E-state index is -1.17. The van der Waals surface area contributed by atoms with Crippen LogP contribution in [-0.4, -0.2) is 56.4 Å². The molecule has 1 saturated heterocycles. The highest BCUT2D eigenvalue weighted by Crippen LogP contribution is 2.34. The number of ether oxygens (including phenoxy) is 1. The number of thiocarbonyl (C=S) groups is 1. The van der Waals surface area contributed by atoms with Gasteiger partial charge in [-0.3, -0.25) is 19.3 Å². The van der Waals surface area contributed by atoms with E-state index in [2.05, 4.69) is 5.32 Å². The molecule has 0 aromatic heterocycles. The largest absolute Gasteiger partial charge is 0.504 e. The van der Waals surface area contributed by atoms with E-state index in [-0.39, 0.29) is 16.6 Å². The molecule has 27 heavy (non-hydrogen) atoms. The van der Waals surface area contributed by atoms with Gasteiger partial charge in [-0.2, -0.15) is 0 Å². The van der Waals surface area contributed by atoms with Crippen molar-refractivity contribution < 1.29 is 29.3 Å². The number of hydrogen-bond donors (Lipinski definition) is 3. The number of benzene rings is 1. The van der Waals surface area contributed by atoms with Crippen LogP contribution in [0, 0.1) is 0 Å². The standard InChI is InChI=1S/C17H18N2O6S2/c1-3-25-12-6-10(4-5-11(12)20)7-13-15(22)19(17(26)27-13)8-14(21)18-9(2)16(23)24/h4-7,9,20H,3,8H2,1-2H3,(H,18,21)(H,23,24)/b13-7-. The van der Waals surface area contributed by atoms with E-state index in [1.165, 1.54) is 13.0 Å². The van der Waals surface area contributed by atoms with Gasteiger partial charge in [-0.05, 0) is 37.6 Å². The van der Waals surface area contributed by atoms with E-state index in [0.717, 1.165) is 16.7 Å². The maximum absolute atomic E-state index is 12.5. The topological polar surface area (TPSA) is 116 Å². The summed E-state index contributed by atoms with van der Waals surface area (Å²) < 4.78 is 5.51. The number of aliphatic carboxylic acids is 1. The monoisotopic (exact) mass is 410 g/mol. The highest BCUT2D eigenvalue weighted by atomic mass is 32.2. The summed E-state index contributed by atoms with van der Waals surface area (Å²) in [6, 6.07) is 3.59. The van der Waals surface area contributed by atoms with Crippen LogP contribution in [0.4, 0.5) is 0 Å². The minimum absolute atomic E-state index is 0.00855. The number of nitrogens with zero attached hydrogens (tertiary/aromatic N) is 1. The van der Waals surface area contributed by atoms with E-state index in [1.54, 1.807) is 25.1 Å². The maximum atomic E-state index is 12.5. The molecule has 2 amide bonds. The molecule has 0 aliphatic carbocycles. The smallest absolute Gasteiger partial charge is 0.325 e. The zero-order valence-corrected chi connectivity index (χ0v) is 16.2. The van der Waals surface area contributed by atoms with E-state index < -0.39 is 23.8 Å². The van der Waals surface area contributed by atoms with Crippen LogP contribution in [0.1, 0.15) is 19.4 Å². The second-order valence-electron chi connectivity index (χ2n) is 5.56. The number of carboxylic acids is 1. The molecule has 1 heterocycles. The number of carbonyl (C=O) groups excluding carboxylic acids is 2. The van der Waals surface area contributed by atoms with Crippen molar-refractivity contribution in [1.82, 2.24) is 10.2 Å². The van der Waals surface area contributed by atoms with E-state index >= 15 is 0 Å². The first-order valence-corrected chi connectivity index (χ1v) is 9.18. The van der Waals surface area contributed by atoms with E-state index in [1.807, 2.05) is 0 Å². The SMILES string of the molecule is CCOc1cc(/C=C2\SC(=S)N(CC(=O)NC(C)C(=O)O)C2=O)ccc1O. The Hall–Kier alpha value is -2.59. The summed E-state index contributed by atoms with van der Waals surface area (Å²) in [5, 5.41) is 20.8. The molecule has 1 aromatic carbocycles. The number of rotatable bonds is 7. The number of phenolic OH excluding ortho intramolecular Hbond substituents is 1. The molecule has 1 aliphatic rings. The predicted molar refractivity (Wildman–Crippen MR) is 104 cm³/mol. The lowest BCUT2D eigenvalue weighted by Gasteiger charge is -2.15. The molecular weight excluding hydrogens is 392 g/mol. The highest BCUT2D eigenvalue weighted by molar-refractivity contribution is 8.26. The fourth-order valence-corrected chi connectivity index (χ4v) is 3.43. The molecule has 0 spiro atoms. The average Bonchev–Trinajstić information content (AvgIpc) is 2.85. The number of phenols is 1. The first-order valence-electron chi connectivity index (χ1n) is 7.96. The van der Waals surface area contributed by atoms with Crippen LogP contribution in [0.25, 0.3) is 6.08 Å². The summed E-state index contributed by atoms with van der Waals surface area (Å²) in [6.07, 6.45) is 1.58. The molecule has 1 atom stereocenters. The van der Waals surface area contributed by atoms with Gasteiger partial charge in [0.2, 0.25) is 5.91 Å². The van der Waals surface area contributed by atoms with Crippen molar-refractivity contribution in [1.29, 1.82) is 0 Å². The van der Waals surface area contributed by atoms with E-state index in [9.17, 15) is 19.5 Å². The lowest BCUT2D eigenvalue weighted by molar-refractivity contribution is -0.141. The molecule has 1 aliphatic heterocycles. The molecule has 0 bridgehead atoms. The quantitative estimate of drug-likeness (QED) is 0.458. The molecule has 144 valence electrons. The second-order valence-corrected chi connectivity index (χ2v) is 7.23. The fourth-order valence-electron chi connectivity index (χ4n) is 2.17. The van der Waals surface area contributed by atoms with Gasteiger partial charge in [0.05, 0.1) is 11.5 Å². The van der Waals surface area contributed by atoms with Crippen molar-refractivity contribution in [3.63, 3.8) is 0 Å². The van der Waals surface area contributed by atoms with Crippen LogP contribution in [-0.2, 0) is 14.4 Å². The number of nitrogens with one attached hydrogen (secondary N) is 1. The Kier molecular flexibility index (Phi) is 6.81. The molecule has 3 N–H and O–H groups in total. The molecule has 0 saturated carbocycles. The highest BCUT2D eigenvalue weighted by Gasteiger charge is 2.33. The zero-order chi connectivity index (χ0) is 20.1. The van der Waals surface area contributed by atoms with Gasteiger partial charge >= 0.3 is 5.97 Å². The minimum Gasteiger partial charge on any atom is -0.504 e. The summed E-state index contributed by atoms with van der Waals surface area (Å²) in [5.41, 5.74) is 0.626. The second kappa shape index (κ2) is 8.87. The molecule has 1 aromatic rings. The Morgan fingerprint density at radius 3 is 2.78 bits per heavy atom. The Balaban J connectivity index is 2.13. The first-order chi connectivity index (χ1) is 12.7. The van der Waals surface area contributed by atoms with Crippen LogP contribution in [0.5, 0.6) is 11.5 Å². The number of amides is 2. The number of aromatic hydroxyl groups is 1. The fraction of sp³-hybridized carbons (Fsp3) is 0.294. The average molecular weight is 410 g/mol. The zero-order valence-electron chi connectivity index (χ0n) is 14.6. The molecule has 1 fully saturated rings. The van der Waals surface area contributed by atoms with Crippen LogP contribution < -0.4 is 10.1 Å². The van der Waals surface area contributed by atoms with Gasteiger partial charge in [0.25, 0.3) is 5.91 Å². The Labute approximate surface area is 165 Å². The normalized spacial score (nSPS) is 16.5. The van der Waals surface area contributed by atoms with Gasteiger partial charge in [0.15, 0.2) is 11.5 Å². The Morgan fingerprint density at radius 2 is 2.15 bits per heavy atom. The van der Waals surface area contributed by atoms with Crippen molar-refractivity contribution in [2.24, 2.45) is 0 Å².